The van der Waals surface area contributed by atoms with Crippen LogP contribution in [0.5, 0.6) is 0 Å². The fourth-order valence-corrected chi connectivity index (χ4v) is 2.42. The number of hydrogen-bond acceptors (Lipinski definition) is 2. The third-order valence-electron chi connectivity index (χ3n) is 2.18. The molecule has 0 aliphatic carbocycles. The number of rotatable bonds is 2. The summed E-state index contributed by atoms with van der Waals surface area (Å²) in [7, 11) is 0. The van der Waals surface area contributed by atoms with E-state index in [1.165, 1.54) is 23.9 Å². The number of benzene rings is 2. The minimum atomic E-state index is -0.910. The molecule has 0 amide bonds. The van der Waals surface area contributed by atoms with E-state index in [-0.39, 0.29) is 0 Å². The van der Waals surface area contributed by atoms with Crippen LogP contribution in [0.4, 0.5) is 8.78 Å². The van der Waals surface area contributed by atoms with Crippen molar-refractivity contribution < 1.29 is 8.78 Å². The second-order valence-corrected chi connectivity index (χ2v) is 4.98. The fourth-order valence-electron chi connectivity index (χ4n) is 1.35. The first-order valence-electron chi connectivity index (χ1n) is 4.92. The molecule has 0 aromatic heterocycles. The van der Waals surface area contributed by atoms with Crippen LogP contribution in [0, 0.1) is 23.0 Å². The Labute approximate surface area is 112 Å². The smallest absolute Gasteiger partial charge is 0.159 e. The summed E-state index contributed by atoms with van der Waals surface area (Å²) in [5.74, 6) is -1.80. The molecule has 2 aromatic carbocycles. The molecular weight excluding hydrogens is 276 g/mol. The molecule has 5 heteroatoms. The van der Waals surface area contributed by atoms with Gasteiger partial charge in [0, 0.05) is 14.8 Å². The zero-order valence-electron chi connectivity index (χ0n) is 8.95. The Morgan fingerprint density at radius 3 is 2.50 bits per heavy atom. The number of hydrogen-bond donors (Lipinski definition) is 0. The van der Waals surface area contributed by atoms with E-state index in [1.54, 1.807) is 12.1 Å². The molecule has 0 aliphatic heterocycles. The third-order valence-corrected chi connectivity index (χ3v) is 3.48. The van der Waals surface area contributed by atoms with E-state index in [0.29, 0.717) is 20.4 Å². The molecule has 2 aromatic rings. The molecule has 0 N–H and O–H groups in total. The van der Waals surface area contributed by atoms with Crippen molar-refractivity contribution in [3.05, 3.63) is 58.6 Å². The lowest BCUT2D eigenvalue weighted by Gasteiger charge is -2.04. The van der Waals surface area contributed by atoms with E-state index >= 15 is 0 Å². The van der Waals surface area contributed by atoms with Gasteiger partial charge in [-0.25, -0.2) is 8.78 Å². The summed E-state index contributed by atoms with van der Waals surface area (Å²) >= 11 is 6.96. The van der Waals surface area contributed by atoms with Crippen LogP contribution < -0.4 is 0 Å². The van der Waals surface area contributed by atoms with Gasteiger partial charge in [0.25, 0.3) is 0 Å². The minimum Gasteiger partial charge on any atom is -0.204 e. The van der Waals surface area contributed by atoms with Gasteiger partial charge in [0.05, 0.1) is 5.56 Å². The highest BCUT2D eigenvalue weighted by Gasteiger charge is 2.07. The van der Waals surface area contributed by atoms with Crippen LogP contribution in [0.3, 0.4) is 0 Å². The largest absolute Gasteiger partial charge is 0.204 e. The highest BCUT2D eigenvalue weighted by molar-refractivity contribution is 7.99. The summed E-state index contributed by atoms with van der Waals surface area (Å²) < 4.78 is 25.8. The lowest BCUT2D eigenvalue weighted by atomic mass is 10.2. The van der Waals surface area contributed by atoms with Gasteiger partial charge < -0.3 is 0 Å². The quantitative estimate of drug-likeness (QED) is 0.800. The van der Waals surface area contributed by atoms with E-state index in [2.05, 4.69) is 0 Å². The number of halogens is 3. The van der Waals surface area contributed by atoms with Gasteiger partial charge in [0.15, 0.2) is 11.6 Å². The molecular formula is C13H6ClF2NS. The van der Waals surface area contributed by atoms with Gasteiger partial charge in [-0.15, -0.1) is 0 Å². The highest BCUT2D eigenvalue weighted by atomic mass is 35.5. The van der Waals surface area contributed by atoms with E-state index in [4.69, 9.17) is 16.9 Å². The topological polar surface area (TPSA) is 23.8 Å². The first-order chi connectivity index (χ1) is 8.60. The van der Waals surface area contributed by atoms with Crippen molar-refractivity contribution in [3.63, 3.8) is 0 Å². The predicted octanol–water partition coefficient (Wildman–Crippen LogP) is 4.64. The van der Waals surface area contributed by atoms with Crippen LogP contribution >= 0.6 is 23.4 Å². The molecule has 2 rings (SSSR count). The molecule has 0 atom stereocenters. The van der Waals surface area contributed by atoms with Crippen molar-refractivity contribution in [1.29, 1.82) is 5.26 Å². The third kappa shape index (κ3) is 2.81. The van der Waals surface area contributed by atoms with Gasteiger partial charge in [-0.2, -0.15) is 5.26 Å². The summed E-state index contributed by atoms with van der Waals surface area (Å²) in [5.41, 5.74) is 0.400. The standard InChI is InChI=1S/C13H6ClF2NS/c14-9-1-4-13(8(5-9)7-17)18-10-2-3-11(15)12(16)6-10/h1-6H. The lowest BCUT2D eigenvalue weighted by molar-refractivity contribution is 0.506. The lowest BCUT2D eigenvalue weighted by Crippen LogP contribution is -1.85. The average molecular weight is 282 g/mol. The van der Waals surface area contributed by atoms with Gasteiger partial charge in [0.2, 0.25) is 0 Å². The van der Waals surface area contributed by atoms with Crippen LogP contribution in [0.2, 0.25) is 5.02 Å². The van der Waals surface area contributed by atoms with Crippen molar-refractivity contribution >= 4 is 23.4 Å². The van der Waals surface area contributed by atoms with E-state index in [0.717, 1.165) is 12.1 Å². The molecule has 0 fully saturated rings. The van der Waals surface area contributed by atoms with E-state index in [1.807, 2.05) is 6.07 Å². The summed E-state index contributed by atoms with van der Waals surface area (Å²) in [6.07, 6.45) is 0. The minimum absolute atomic E-state index is 0.400. The molecule has 0 spiro atoms. The molecule has 0 saturated heterocycles. The van der Waals surface area contributed by atoms with Crippen LogP contribution in [-0.4, -0.2) is 0 Å². The van der Waals surface area contributed by atoms with Crippen molar-refractivity contribution in [3.8, 4) is 6.07 Å². The van der Waals surface area contributed by atoms with Gasteiger partial charge in [-0.1, -0.05) is 23.4 Å². The highest BCUT2D eigenvalue weighted by Crippen LogP contribution is 2.32. The normalized spacial score (nSPS) is 10.1. The van der Waals surface area contributed by atoms with Crippen LogP contribution in [-0.2, 0) is 0 Å². The Morgan fingerprint density at radius 2 is 1.83 bits per heavy atom. The second kappa shape index (κ2) is 5.38. The number of nitriles is 1. The Morgan fingerprint density at radius 1 is 1.06 bits per heavy atom. The molecule has 0 radical (unpaired) electrons. The van der Waals surface area contributed by atoms with Crippen LogP contribution in [0.25, 0.3) is 0 Å². The molecule has 0 heterocycles. The van der Waals surface area contributed by atoms with Gasteiger partial charge >= 0.3 is 0 Å². The Hall–Kier alpha value is -1.57. The van der Waals surface area contributed by atoms with E-state index < -0.39 is 11.6 Å². The molecule has 0 unspecified atom stereocenters. The van der Waals surface area contributed by atoms with E-state index in [9.17, 15) is 8.78 Å². The van der Waals surface area contributed by atoms with Crippen molar-refractivity contribution in [2.24, 2.45) is 0 Å². The first kappa shape index (κ1) is 12.9. The monoisotopic (exact) mass is 281 g/mol. The molecule has 0 bridgehead atoms. The first-order valence-corrected chi connectivity index (χ1v) is 6.12. The zero-order chi connectivity index (χ0) is 13.1. The second-order valence-electron chi connectivity index (χ2n) is 3.43. The van der Waals surface area contributed by atoms with Crippen molar-refractivity contribution in [2.75, 3.05) is 0 Å². The maximum atomic E-state index is 13.1. The predicted molar refractivity (Wildman–Crippen MR) is 66.6 cm³/mol. The van der Waals surface area contributed by atoms with Crippen molar-refractivity contribution in [1.82, 2.24) is 0 Å². The SMILES string of the molecule is N#Cc1cc(Cl)ccc1Sc1ccc(F)c(F)c1. The maximum absolute atomic E-state index is 13.1. The fraction of sp³-hybridized carbons (Fsp3) is 0. The average Bonchev–Trinajstić information content (AvgIpc) is 2.36. The van der Waals surface area contributed by atoms with Gasteiger partial charge in [-0.05, 0) is 36.4 Å². The van der Waals surface area contributed by atoms with Crippen LogP contribution in [0.15, 0.2) is 46.2 Å². The maximum Gasteiger partial charge on any atom is 0.159 e. The zero-order valence-corrected chi connectivity index (χ0v) is 10.5. The van der Waals surface area contributed by atoms with Gasteiger partial charge in [0.1, 0.15) is 6.07 Å². The molecule has 0 saturated carbocycles. The Bertz CT molecular complexity index is 637. The summed E-state index contributed by atoms with van der Waals surface area (Å²) in [6.45, 7) is 0. The summed E-state index contributed by atoms with van der Waals surface area (Å²) in [5, 5.41) is 9.42. The summed E-state index contributed by atoms with van der Waals surface area (Å²) in [4.78, 5) is 1.17. The summed E-state index contributed by atoms with van der Waals surface area (Å²) in [6, 6.07) is 10.5. The molecule has 0 aliphatic rings. The Balaban J connectivity index is 2.34. The number of nitrogens with zero attached hydrogens (tertiary/aromatic N) is 1. The molecule has 18 heavy (non-hydrogen) atoms. The van der Waals surface area contributed by atoms with Crippen molar-refractivity contribution in [2.45, 2.75) is 9.79 Å². The van der Waals surface area contributed by atoms with Gasteiger partial charge in [-0.3, -0.25) is 0 Å². The van der Waals surface area contributed by atoms with Crippen LogP contribution in [0.1, 0.15) is 5.56 Å². The Kier molecular flexibility index (Phi) is 3.85. The molecule has 90 valence electrons. The molecule has 1 nitrogen and oxygen atoms in total.